The van der Waals surface area contributed by atoms with E-state index in [2.05, 4.69) is 40.8 Å². The summed E-state index contributed by atoms with van der Waals surface area (Å²) in [4.78, 5) is 5.39. The fraction of sp³-hybridized carbons (Fsp3) is 0.300. The first-order chi connectivity index (χ1) is 6.79. The van der Waals surface area contributed by atoms with E-state index < -0.39 is 0 Å². The van der Waals surface area contributed by atoms with Crippen LogP contribution in [-0.4, -0.2) is 18.8 Å². The number of hydrogen-bond donors (Lipinski definition) is 2. The second-order valence-corrected chi connectivity index (χ2v) is 4.08. The largest absolute Gasteiger partial charge is 0.370 e. The molecule has 0 spiro atoms. The molecule has 0 amide bonds. The first-order valence-electron chi connectivity index (χ1n) is 4.50. The van der Waals surface area contributed by atoms with Crippen LogP contribution in [0.25, 0.3) is 0 Å². The molecule has 3 nitrogen and oxygen atoms in total. The van der Waals surface area contributed by atoms with Gasteiger partial charge in [0.1, 0.15) is 0 Å². The molecule has 14 heavy (non-hydrogen) atoms. The van der Waals surface area contributed by atoms with Crippen molar-refractivity contribution in [1.29, 1.82) is 0 Å². The molecular weight excluding hydrogens is 194 g/mol. The maximum Gasteiger partial charge on any atom is 0.189 e. The van der Waals surface area contributed by atoms with Gasteiger partial charge in [-0.15, -0.1) is 11.8 Å². The summed E-state index contributed by atoms with van der Waals surface area (Å²) in [6, 6.07) is 8.74. The standard InChI is InChI=1S/C10H13N3S/c1-14-8-4-2-7(3-5-8)9-6-12-10(11)13-9/h2-5,9H,6H2,1H3,(H3,11,12,13). The summed E-state index contributed by atoms with van der Waals surface area (Å²) in [5.74, 6) is 0.545. The number of rotatable bonds is 2. The normalized spacial score (nSPS) is 20.4. The Morgan fingerprint density at radius 1 is 1.43 bits per heavy atom. The van der Waals surface area contributed by atoms with Gasteiger partial charge in [0.25, 0.3) is 0 Å². The monoisotopic (exact) mass is 207 g/mol. The number of nitrogens with two attached hydrogens (primary N) is 1. The number of aliphatic imine (C=N–C) groups is 1. The Morgan fingerprint density at radius 2 is 2.14 bits per heavy atom. The summed E-state index contributed by atoms with van der Waals surface area (Å²) in [6.45, 7) is 0.741. The minimum atomic E-state index is 0.255. The molecule has 74 valence electrons. The van der Waals surface area contributed by atoms with E-state index in [1.165, 1.54) is 10.5 Å². The molecule has 1 aromatic carbocycles. The van der Waals surface area contributed by atoms with Crippen LogP contribution >= 0.6 is 11.8 Å². The van der Waals surface area contributed by atoms with E-state index in [-0.39, 0.29) is 6.04 Å². The van der Waals surface area contributed by atoms with Crippen molar-refractivity contribution < 1.29 is 0 Å². The lowest BCUT2D eigenvalue weighted by atomic mass is 10.1. The van der Waals surface area contributed by atoms with Crippen molar-refractivity contribution >= 4 is 17.7 Å². The van der Waals surface area contributed by atoms with Gasteiger partial charge in [0.2, 0.25) is 0 Å². The van der Waals surface area contributed by atoms with Crippen molar-refractivity contribution in [3.8, 4) is 0 Å². The van der Waals surface area contributed by atoms with Gasteiger partial charge in [-0.3, -0.25) is 4.99 Å². The van der Waals surface area contributed by atoms with Gasteiger partial charge >= 0.3 is 0 Å². The fourth-order valence-corrected chi connectivity index (χ4v) is 1.89. The predicted molar refractivity (Wildman–Crippen MR) is 60.6 cm³/mol. The first kappa shape index (κ1) is 9.40. The minimum absolute atomic E-state index is 0.255. The van der Waals surface area contributed by atoms with Gasteiger partial charge < -0.3 is 11.1 Å². The lowest BCUT2D eigenvalue weighted by Gasteiger charge is -2.10. The number of thioether (sulfide) groups is 1. The molecule has 0 aromatic heterocycles. The highest BCUT2D eigenvalue weighted by molar-refractivity contribution is 7.98. The van der Waals surface area contributed by atoms with Crippen LogP contribution in [-0.2, 0) is 0 Å². The first-order valence-corrected chi connectivity index (χ1v) is 5.72. The zero-order valence-electron chi connectivity index (χ0n) is 8.03. The van der Waals surface area contributed by atoms with E-state index in [1.807, 2.05) is 0 Å². The van der Waals surface area contributed by atoms with E-state index in [0.717, 1.165) is 6.54 Å². The zero-order chi connectivity index (χ0) is 9.97. The van der Waals surface area contributed by atoms with Gasteiger partial charge in [-0.1, -0.05) is 12.1 Å². The van der Waals surface area contributed by atoms with Crippen LogP contribution in [0.1, 0.15) is 11.6 Å². The Balaban J connectivity index is 2.11. The summed E-state index contributed by atoms with van der Waals surface area (Å²) in [5, 5.41) is 3.13. The highest BCUT2D eigenvalue weighted by atomic mass is 32.2. The molecule has 1 aliphatic rings. The predicted octanol–water partition coefficient (Wildman–Crippen LogP) is 1.37. The van der Waals surface area contributed by atoms with Crippen molar-refractivity contribution in [1.82, 2.24) is 5.32 Å². The smallest absolute Gasteiger partial charge is 0.189 e. The molecule has 1 heterocycles. The minimum Gasteiger partial charge on any atom is -0.370 e. The molecule has 1 atom stereocenters. The molecule has 0 radical (unpaired) electrons. The van der Waals surface area contributed by atoms with E-state index in [0.29, 0.717) is 5.96 Å². The number of nitrogens with one attached hydrogen (secondary N) is 1. The number of guanidine groups is 1. The van der Waals surface area contributed by atoms with Crippen LogP contribution in [0.4, 0.5) is 0 Å². The van der Waals surface area contributed by atoms with Crippen molar-refractivity contribution in [2.45, 2.75) is 10.9 Å². The molecule has 1 aromatic rings. The second-order valence-electron chi connectivity index (χ2n) is 3.20. The van der Waals surface area contributed by atoms with Crippen LogP contribution in [0, 0.1) is 0 Å². The maximum absolute atomic E-state index is 5.55. The van der Waals surface area contributed by atoms with Gasteiger partial charge in [-0.2, -0.15) is 0 Å². The van der Waals surface area contributed by atoms with E-state index >= 15 is 0 Å². The summed E-state index contributed by atoms with van der Waals surface area (Å²) in [6.07, 6.45) is 2.07. The molecule has 4 heteroatoms. The summed E-state index contributed by atoms with van der Waals surface area (Å²) in [5.41, 5.74) is 6.80. The lowest BCUT2D eigenvalue weighted by molar-refractivity contribution is 0.707. The van der Waals surface area contributed by atoms with Gasteiger partial charge in [-0.05, 0) is 24.0 Å². The third kappa shape index (κ3) is 1.85. The van der Waals surface area contributed by atoms with Crippen LogP contribution in [0.2, 0.25) is 0 Å². The van der Waals surface area contributed by atoms with Crippen molar-refractivity contribution in [2.75, 3.05) is 12.8 Å². The van der Waals surface area contributed by atoms with Crippen LogP contribution < -0.4 is 11.1 Å². The average molecular weight is 207 g/mol. The quantitative estimate of drug-likeness (QED) is 0.720. The molecule has 0 saturated carbocycles. The van der Waals surface area contributed by atoms with Crippen molar-refractivity contribution in [3.05, 3.63) is 29.8 Å². The Labute approximate surface area is 87.8 Å². The lowest BCUT2D eigenvalue weighted by Crippen LogP contribution is -2.29. The van der Waals surface area contributed by atoms with E-state index in [1.54, 1.807) is 11.8 Å². The van der Waals surface area contributed by atoms with Gasteiger partial charge in [0.15, 0.2) is 5.96 Å². The SMILES string of the molecule is CSc1ccc(C2CN=C(N)N2)cc1. The Kier molecular flexibility index (Phi) is 2.63. The topological polar surface area (TPSA) is 50.4 Å². The summed E-state index contributed by atoms with van der Waals surface area (Å²) < 4.78 is 0. The van der Waals surface area contributed by atoms with Crippen molar-refractivity contribution in [3.63, 3.8) is 0 Å². The third-order valence-electron chi connectivity index (χ3n) is 2.28. The average Bonchev–Trinajstić information content (AvgIpc) is 2.65. The van der Waals surface area contributed by atoms with Gasteiger partial charge in [0.05, 0.1) is 12.6 Å². The van der Waals surface area contributed by atoms with Crippen LogP contribution in [0.5, 0.6) is 0 Å². The van der Waals surface area contributed by atoms with E-state index in [4.69, 9.17) is 5.73 Å². The van der Waals surface area contributed by atoms with Gasteiger partial charge in [0, 0.05) is 4.90 Å². The zero-order valence-corrected chi connectivity index (χ0v) is 8.84. The number of nitrogens with zero attached hydrogens (tertiary/aromatic N) is 1. The fourth-order valence-electron chi connectivity index (χ4n) is 1.48. The molecule has 1 aliphatic heterocycles. The summed E-state index contributed by atoms with van der Waals surface area (Å²) >= 11 is 1.75. The molecule has 0 aliphatic carbocycles. The molecule has 3 N–H and O–H groups in total. The highest BCUT2D eigenvalue weighted by Crippen LogP contribution is 2.20. The van der Waals surface area contributed by atoms with Crippen LogP contribution in [0.3, 0.4) is 0 Å². The molecule has 0 bridgehead atoms. The van der Waals surface area contributed by atoms with Crippen LogP contribution in [0.15, 0.2) is 34.2 Å². The maximum atomic E-state index is 5.55. The highest BCUT2D eigenvalue weighted by Gasteiger charge is 2.16. The number of hydrogen-bond acceptors (Lipinski definition) is 4. The Bertz CT molecular complexity index is 345. The Hall–Kier alpha value is -1.16. The third-order valence-corrected chi connectivity index (χ3v) is 3.03. The second kappa shape index (κ2) is 3.92. The molecule has 2 rings (SSSR count). The molecule has 1 unspecified atom stereocenters. The molecule has 0 saturated heterocycles. The molecular formula is C10H13N3S. The Morgan fingerprint density at radius 3 is 2.64 bits per heavy atom. The summed E-state index contributed by atoms with van der Waals surface area (Å²) in [7, 11) is 0. The van der Waals surface area contributed by atoms with Crippen molar-refractivity contribution in [2.24, 2.45) is 10.7 Å². The number of benzene rings is 1. The molecule has 0 fully saturated rings. The van der Waals surface area contributed by atoms with Gasteiger partial charge in [-0.25, -0.2) is 0 Å². The van der Waals surface area contributed by atoms with E-state index in [9.17, 15) is 0 Å².